The molecular formula is C14H18N4. The van der Waals surface area contributed by atoms with Crippen molar-refractivity contribution >= 4 is 5.69 Å². The van der Waals surface area contributed by atoms with Crippen LogP contribution in [0.1, 0.15) is 11.4 Å². The predicted octanol–water partition coefficient (Wildman–Crippen LogP) is 1.62. The van der Waals surface area contributed by atoms with Gasteiger partial charge in [-0.1, -0.05) is 12.1 Å². The number of nitrogens with zero attached hydrogens (tertiary/aromatic N) is 3. The molecule has 1 aromatic heterocycles. The van der Waals surface area contributed by atoms with Crippen molar-refractivity contribution in [1.29, 1.82) is 0 Å². The molecule has 0 bridgehead atoms. The molecule has 0 saturated carbocycles. The highest BCUT2D eigenvalue weighted by Crippen LogP contribution is 2.20. The molecule has 0 saturated heterocycles. The molecule has 2 aromatic rings. The lowest BCUT2D eigenvalue weighted by Crippen LogP contribution is -2.33. The van der Waals surface area contributed by atoms with Crippen LogP contribution in [0, 0.1) is 0 Å². The summed E-state index contributed by atoms with van der Waals surface area (Å²) in [5, 5.41) is 3.17. The van der Waals surface area contributed by atoms with Gasteiger partial charge in [0.25, 0.3) is 0 Å². The molecule has 3 rings (SSSR count). The molecule has 4 nitrogen and oxygen atoms in total. The fourth-order valence-corrected chi connectivity index (χ4v) is 2.42. The third-order valence-electron chi connectivity index (χ3n) is 3.43. The Balaban J connectivity index is 1.76. The van der Waals surface area contributed by atoms with E-state index in [2.05, 4.69) is 50.2 Å². The summed E-state index contributed by atoms with van der Waals surface area (Å²) in [6.07, 6.45) is 3.94. The van der Waals surface area contributed by atoms with Gasteiger partial charge in [0.05, 0.1) is 6.54 Å². The summed E-state index contributed by atoms with van der Waals surface area (Å²) in [7, 11) is 1.97. The lowest BCUT2D eigenvalue weighted by Gasteiger charge is -2.29. The molecule has 0 fully saturated rings. The number of aromatic nitrogens is 2. The molecule has 0 amide bonds. The number of benzene rings is 1. The van der Waals surface area contributed by atoms with Crippen LogP contribution in [0.15, 0.2) is 36.7 Å². The second-order valence-electron chi connectivity index (χ2n) is 4.66. The summed E-state index contributed by atoms with van der Waals surface area (Å²) in [6.45, 7) is 3.89. The summed E-state index contributed by atoms with van der Waals surface area (Å²) in [4.78, 5) is 6.77. The molecule has 94 valence electrons. The average molecular weight is 242 g/mol. The normalized spacial score (nSPS) is 14.6. The van der Waals surface area contributed by atoms with Gasteiger partial charge in [-0.2, -0.15) is 0 Å². The standard InChI is InChI=1S/C14H18N4/c1-15-10-12-2-4-13(5-3-12)18-9-8-17-7-6-16-14(17)11-18/h2-7,15H,8-11H2,1H3. The van der Waals surface area contributed by atoms with Crippen molar-refractivity contribution < 1.29 is 0 Å². The second kappa shape index (κ2) is 4.82. The molecule has 0 radical (unpaired) electrons. The van der Waals surface area contributed by atoms with Crippen LogP contribution in [0.25, 0.3) is 0 Å². The van der Waals surface area contributed by atoms with Gasteiger partial charge in [-0.15, -0.1) is 0 Å². The zero-order chi connectivity index (χ0) is 12.4. The van der Waals surface area contributed by atoms with E-state index in [1.165, 1.54) is 11.3 Å². The highest BCUT2D eigenvalue weighted by Gasteiger charge is 2.16. The van der Waals surface area contributed by atoms with E-state index in [-0.39, 0.29) is 0 Å². The highest BCUT2D eigenvalue weighted by molar-refractivity contribution is 5.48. The van der Waals surface area contributed by atoms with E-state index in [4.69, 9.17) is 0 Å². The maximum Gasteiger partial charge on any atom is 0.128 e. The van der Waals surface area contributed by atoms with E-state index in [9.17, 15) is 0 Å². The number of hydrogen-bond acceptors (Lipinski definition) is 3. The van der Waals surface area contributed by atoms with Crippen LogP contribution in [-0.4, -0.2) is 23.1 Å². The van der Waals surface area contributed by atoms with Crippen LogP contribution in [0.3, 0.4) is 0 Å². The van der Waals surface area contributed by atoms with Crippen LogP contribution in [0.4, 0.5) is 5.69 Å². The third-order valence-corrected chi connectivity index (χ3v) is 3.43. The van der Waals surface area contributed by atoms with Gasteiger partial charge in [0.15, 0.2) is 0 Å². The van der Waals surface area contributed by atoms with Crippen LogP contribution in [0.2, 0.25) is 0 Å². The van der Waals surface area contributed by atoms with Crippen LogP contribution in [-0.2, 0) is 19.6 Å². The van der Waals surface area contributed by atoms with Gasteiger partial charge in [0, 0.05) is 37.7 Å². The van der Waals surface area contributed by atoms with Gasteiger partial charge >= 0.3 is 0 Å². The molecule has 0 atom stereocenters. The van der Waals surface area contributed by atoms with E-state index < -0.39 is 0 Å². The number of nitrogens with one attached hydrogen (secondary N) is 1. The SMILES string of the molecule is CNCc1ccc(N2CCn3ccnc3C2)cc1. The molecule has 1 aromatic carbocycles. The Morgan fingerprint density at radius 3 is 2.83 bits per heavy atom. The molecule has 0 aliphatic carbocycles. The van der Waals surface area contributed by atoms with E-state index in [1.807, 2.05) is 13.2 Å². The van der Waals surface area contributed by atoms with Gasteiger partial charge in [-0.05, 0) is 24.7 Å². The fraction of sp³-hybridized carbons (Fsp3) is 0.357. The van der Waals surface area contributed by atoms with Crippen molar-refractivity contribution in [3.63, 3.8) is 0 Å². The maximum atomic E-state index is 4.39. The Kier molecular flexibility index (Phi) is 3.02. The minimum absolute atomic E-state index is 0.901. The van der Waals surface area contributed by atoms with Gasteiger partial charge in [-0.3, -0.25) is 0 Å². The highest BCUT2D eigenvalue weighted by atomic mass is 15.2. The molecule has 18 heavy (non-hydrogen) atoms. The molecule has 1 N–H and O–H groups in total. The van der Waals surface area contributed by atoms with Gasteiger partial charge in [0.1, 0.15) is 5.82 Å². The monoisotopic (exact) mass is 242 g/mol. The number of anilines is 1. The van der Waals surface area contributed by atoms with Gasteiger partial charge in [0.2, 0.25) is 0 Å². The third kappa shape index (κ3) is 2.11. The van der Waals surface area contributed by atoms with Gasteiger partial charge in [-0.25, -0.2) is 4.98 Å². The number of rotatable bonds is 3. The maximum absolute atomic E-state index is 4.39. The quantitative estimate of drug-likeness (QED) is 0.888. The first kappa shape index (κ1) is 11.3. The Labute approximate surface area is 107 Å². The van der Waals surface area contributed by atoms with E-state index >= 15 is 0 Å². The van der Waals surface area contributed by atoms with E-state index in [1.54, 1.807) is 0 Å². The fourth-order valence-electron chi connectivity index (χ4n) is 2.42. The lowest BCUT2D eigenvalue weighted by molar-refractivity contribution is 0.560. The predicted molar refractivity (Wildman–Crippen MR) is 72.5 cm³/mol. The van der Waals surface area contributed by atoms with E-state index in [0.29, 0.717) is 0 Å². The molecule has 1 aliphatic rings. The number of hydrogen-bond donors (Lipinski definition) is 1. The van der Waals surface area contributed by atoms with Crippen molar-refractivity contribution in [2.24, 2.45) is 0 Å². The van der Waals surface area contributed by atoms with Gasteiger partial charge < -0.3 is 14.8 Å². The first-order valence-corrected chi connectivity index (χ1v) is 6.35. The Morgan fingerprint density at radius 1 is 1.22 bits per heavy atom. The molecule has 2 heterocycles. The molecule has 1 aliphatic heterocycles. The minimum Gasteiger partial charge on any atom is -0.362 e. The van der Waals surface area contributed by atoms with Crippen LogP contribution < -0.4 is 10.2 Å². The second-order valence-corrected chi connectivity index (χ2v) is 4.66. The zero-order valence-corrected chi connectivity index (χ0v) is 10.6. The van der Waals surface area contributed by atoms with Crippen LogP contribution >= 0.6 is 0 Å². The average Bonchev–Trinajstić information content (AvgIpc) is 2.87. The topological polar surface area (TPSA) is 33.1 Å². The van der Waals surface area contributed by atoms with Crippen molar-refractivity contribution in [3.8, 4) is 0 Å². The Hall–Kier alpha value is -1.81. The smallest absolute Gasteiger partial charge is 0.128 e. The largest absolute Gasteiger partial charge is 0.362 e. The summed E-state index contributed by atoms with van der Waals surface area (Å²) in [5.41, 5.74) is 2.60. The summed E-state index contributed by atoms with van der Waals surface area (Å²) in [5.74, 6) is 1.15. The number of imidazole rings is 1. The molecule has 4 heteroatoms. The first-order valence-electron chi connectivity index (χ1n) is 6.35. The van der Waals surface area contributed by atoms with Crippen molar-refractivity contribution in [1.82, 2.24) is 14.9 Å². The van der Waals surface area contributed by atoms with Crippen molar-refractivity contribution in [2.75, 3.05) is 18.5 Å². The van der Waals surface area contributed by atoms with Crippen molar-refractivity contribution in [3.05, 3.63) is 48.0 Å². The molecule has 0 unspecified atom stereocenters. The van der Waals surface area contributed by atoms with Crippen LogP contribution in [0.5, 0.6) is 0 Å². The zero-order valence-electron chi connectivity index (χ0n) is 10.6. The van der Waals surface area contributed by atoms with E-state index in [0.717, 1.165) is 32.0 Å². The Bertz CT molecular complexity index is 515. The lowest BCUT2D eigenvalue weighted by atomic mass is 10.2. The summed E-state index contributed by atoms with van der Waals surface area (Å²) < 4.78 is 2.23. The van der Waals surface area contributed by atoms with Crippen molar-refractivity contribution in [2.45, 2.75) is 19.6 Å². The molecule has 0 spiro atoms. The molecular weight excluding hydrogens is 224 g/mol. The summed E-state index contributed by atoms with van der Waals surface area (Å²) in [6, 6.07) is 8.77. The number of fused-ring (bicyclic) bond motifs is 1. The summed E-state index contributed by atoms with van der Waals surface area (Å²) >= 11 is 0. The first-order chi connectivity index (χ1) is 8.86. The minimum atomic E-state index is 0.901. The Morgan fingerprint density at radius 2 is 2.06 bits per heavy atom.